The number of carbonyl (C=O) groups excluding carboxylic acids is 3. The second-order valence-corrected chi connectivity index (χ2v) is 21.7. The normalized spacial score (nSPS) is 12.1. The van der Waals surface area contributed by atoms with Crippen molar-refractivity contribution >= 4 is 17.9 Å². The van der Waals surface area contributed by atoms with E-state index in [1.807, 2.05) is 0 Å². The van der Waals surface area contributed by atoms with Crippen LogP contribution in [-0.2, 0) is 28.6 Å². The maximum Gasteiger partial charge on any atom is 0.306 e. The van der Waals surface area contributed by atoms with Crippen molar-refractivity contribution in [3.8, 4) is 0 Å². The van der Waals surface area contributed by atoms with Crippen molar-refractivity contribution in [2.45, 2.75) is 361 Å². The zero-order valence-corrected chi connectivity index (χ0v) is 48.0. The monoisotopic (exact) mass is 999 g/mol. The van der Waals surface area contributed by atoms with Crippen LogP contribution in [0, 0.1) is 0 Å². The van der Waals surface area contributed by atoms with Crippen LogP contribution in [0.15, 0.2) is 24.3 Å². The van der Waals surface area contributed by atoms with Crippen LogP contribution in [0.2, 0.25) is 0 Å². The Hall–Kier alpha value is -2.11. The SMILES string of the molecule is CCCCCCCC/C=C\CCCCCCCC(=O)OC(COC(=O)CCCCCCCCCCC)COC(=O)CCCCCCCCCCCCCCCCCCC/C=C\CCCCCCCCCC. The molecule has 0 fully saturated rings. The molecule has 0 saturated carbocycles. The highest BCUT2D eigenvalue weighted by molar-refractivity contribution is 5.71. The standard InChI is InChI=1S/C65H122O6/c1-4-7-10-13-16-19-21-23-25-26-27-28-29-30-31-32-33-34-35-36-37-38-40-41-43-46-49-52-55-58-64(67)70-61-62(60-69-63(66)57-54-51-48-45-18-15-12-9-6-3)71-65(68)59-56-53-50-47-44-42-39-24-22-20-17-14-11-8-5-2/h24,26-27,39,62H,4-23,25,28-38,40-61H2,1-3H3/b27-26-,39-24-. The first-order chi connectivity index (χ1) is 35.0. The quantitative estimate of drug-likeness (QED) is 0.0261. The molecule has 0 aliphatic rings. The summed E-state index contributed by atoms with van der Waals surface area (Å²) in [5.74, 6) is -0.859. The minimum atomic E-state index is -0.770. The molecule has 0 bridgehead atoms. The Morgan fingerprint density at radius 3 is 0.704 bits per heavy atom. The number of ether oxygens (including phenoxy) is 3. The molecule has 0 rings (SSSR count). The van der Waals surface area contributed by atoms with Crippen molar-refractivity contribution in [2.24, 2.45) is 0 Å². The molecule has 0 aliphatic heterocycles. The summed E-state index contributed by atoms with van der Waals surface area (Å²) in [5, 5.41) is 0. The molecular formula is C65H122O6. The molecule has 1 atom stereocenters. The van der Waals surface area contributed by atoms with Gasteiger partial charge in [0.05, 0.1) is 0 Å². The van der Waals surface area contributed by atoms with E-state index in [0.717, 1.165) is 64.2 Å². The maximum absolute atomic E-state index is 12.8. The Morgan fingerprint density at radius 1 is 0.268 bits per heavy atom. The van der Waals surface area contributed by atoms with Crippen molar-refractivity contribution in [3.05, 3.63) is 24.3 Å². The predicted molar refractivity (Wildman–Crippen MR) is 307 cm³/mol. The molecule has 0 aromatic rings. The number of rotatable bonds is 59. The van der Waals surface area contributed by atoms with E-state index >= 15 is 0 Å². The summed E-state index contributed by atoms with van der Waals surface area (Å²) in [6.45, 7) is 6.66. The highest BCUT2D eigenvalue weighted by atomic mass is 16.6. The summed E-state index contributed by atoms with van der Waals surface area (Å²) in [4.78, 5) is 38.1. The fourth-order valence-electron chi connectivity index (χ4n) is 9.61. The topological polar surface area (TPSA) is 78.9 Å². The van der Waals surface area contributed by atoms with Gasteiger partial charge in [-0.3, -0.25) is 14.4 Å². The molecular weight excluding hydrogens is 877 g/mol. The van der Waals surface area contributed by atoms with E-state index in [2.05, 4.69) is 45.1 Å². The number of unbranched alkanes of at least 4 members (excludes halogenated alkanes) is 44. The average molecular weight is 1000 g/mol. The number of hydrogen-bond acceptors (Lipinski definition) is 6. The van der Waals surface area contributed by atoms with Gasteiger partial charge < -0.3 is 14.2 Å². The lowest BCUT2D eigenvalue weighted by Gasteiger charge is -2.18. The summed E-state index contributed by atoms with van der Waals surface area (Å²) in [5.41, 5.74) is 0. The molecule has 0 radical (unpaired) electrons. The van der Waals surface area contributed by atoms with Gasteiger partial charge in [0.2, 0.25) is 0 Å². The molecule has 0 saturated heterocycles. The fourth-order valence-corrected chi connectivity index (χ4v) is 9.61. The smallest absolute Gasteiger partial charge is 0.306 e. The Labute approximate surface area is 443 Å². The van der Waals surface area contributed by atoms with E-state index in [4.69, 9.17) is 14.2 Å². The lowest BCUT2D eigenvalue weighted by Crippen LogP contribution is -2.30. The molecule has 0 amide bonds. The van der Waals surface area contributed by atoms with Crippen LogP contribution in [0.4, 0.5) is 0 Å². The van der Waals surface area contributed by atoms with E-state index in [1.165, 1.54) is 250 Å². The number of allylic oxidation sites excluding steroid dienone is 4. The van der Waals surface area contributed by atoms with E-state index in [1.54, 1.807) is 0 Å². The van der Waals surface area contributed by atoms with Crippen molar-refractivity contribution in [3.63, 3.8) is 0 Å². The molecule has 71 heavy (non-hydrogen) atoms. The number of hydrogen-bond donors (Lipinski definition) is 0. The second kappa shape index (κ2) is 60.4. The first-order valence-electron chi connectivity index (χ1n) is 31.8. The van der Waals surface area contributed by atoms with Crippen LogP contribution in [0.3, 0.4) is 0 Å². The molecule has 0 spiro atoms. The molecule has 0 heterocycles. The van der Waals surface area contributed by atoms with Gasteiger partial charge in [-0.25, -0.2) is 0 Å². The minimum Gasteiger partial charge on any atom is -0.462 e. The molecule has 6 nitrogen and oxygen atoms in total. The minimum absolute atomic E-state index is 0.0694. The average Bonchev–Trinajstić information content (AvgIpc) is 3.37. The predicted octanol–water partition coefficient (Wildman–Crippen LogP) is 21.4. The number of carbonyl (C=O) groups is 3. The number of esters is 3. The Morgan fingerprint density at radius 2 is 0.465 bits per heavy atom. The molecule has 0 aromatic heterocycles. The van der Waals surface area contributed by atoms with Gasteiger partial charge in [0.1, 0.15) is 13.2 Å². The van der Waals surface area contributed by atoms with Gasteiger partial charge in [-0.1, -0.05) is 289 Å². The first kappa shape index (κ1) is 68.9. The summed E-state index contributed by atoms with van der Waals surface area (Å²) in [7, 11) is 0. The Balaban J connectivity index is 4.07. The summed E-state index contributed by atoms with van der Waals surface area (Å²) in [6, 6.07) is 0. The van der Waals surface area contributed by atoms with Crippen LogP contribution in [-0.4, -0.2) is 37.2 Å². The van der Waals surface area contributed by atoms with Crippen LogP contribution in [0.25, 0.3) is 0 Å². The van der Waals surface area contributed by atoms with Crippen LogP contribution >= 0.6 is 0 Å². The Bertz CT molecular complexity index is 1150. The summed E-state index contributed by atoms with van der Waals surface area (Å²) < 4.78 is 16.9. The molecule has 418 valence electrons. The van der Waals surface area contributed by atoms with Gasteiger partial charge in [0.25, 0.3) is 0 Å². The second-order valence-electron chi connectivity index (χ2n) is 21.7. The van der Waals surface area contributed by atoms with Crippen molar-refractivity contribution in [1.82, 2.24) is 0 Å². The lowest BCUT2D eigenvalue weighted by molar-refractivity contribution is -0.167. The van der Waals surface area contributed by atoms with Crippen molar-refractivity contribution < 1.29 is 28.6 Å². The fraction of sp³-hybridized carbons (Fsp3) is 0.892. The molecule has 1 unspecified atom stereocenters. The molecule has 0 aliphatic carbocycles. The largest absolute Gasteiger partial charge is 0.462 e. The van der Waals surface area contributed by atoms with Crippen LogP contribution in [0.5, 0.6) is 0 Å². The van der Waals surface area contributed by atoms with E-state index in [-0.39, 0.29) is 31.1 Å². The van der Waals surface area contributed by atoms with Crippen molar-refractivity contribution in [2.75, 3.05) is 13.2 Å². The highest BCUT2D eigenvalue weighted by Crippen LogP contribution is 2.17. The first-order valence-corrected chi connectivity index (χ1v) is 31.8. The maximum atomic E-state index is 12.8. The highest BCUT2D eigenvalue weighted by Gasteiger charge is 2.19. The van der Waals surface area contributed by atoms with Gasteiger partial charge in [0, 0.05) is 19.3 Å². The van der Waals surface area contributed by atoms with E-state index in [9.17, 15) is 14.4 Å². The third kappa shape index (κ3) is 58.7. The van der Waals surface area contributed by atoms with Crippen LogP contribution < -0.4 is 0 Å². The lowest BCUT2D eigenvalue weighted by atomic mass is 10.0. The van der Waals surface area contributed by atoms with E-state index in [0.29, 0.717) is 19.3 Å². The molecule has 6 heteroatoms. The third-order valence-corrected chi connectivity index (χ3v) is 14.4. The molecule has 0 aromatic carbocycles. The third-order valence-electron chi connectivity index (χ3n) is 14.4. The zero-order valence-electron chi connectivity index (χ0n) is 48.0. The zero-order chi connectivity index (χ0) is 51.4. The van der Waals surface area contributed by atoms with Gasteiger partial charge >= 0.3 is 17.9 Å². The summed E-state index contributed by atoms with van der Waals surface area (Å²) >= 11 is 0. The van der Waals surface area contributed by atoms with Gasteiger partial charge in [-0.15, -0.1) is 0 Å². The Kier molecular flexibility index (Phi) is 58.6. The van der Waals surface area contributed by atoms with Crippen molar-refractivity contribution in [1.29, 1.82) is 0 Å². The van der Waals surface area contributed by atoms with Crippen LogP contribution in [0.1, 0.15) is 355 Å². The van der Waals surface area contributed by atoms with E-state index < -0.39 is 6.10 Å². The van der Waals surface area contributed by atoms with Gasteiger partial charge in [-0.2, -0.15) is 0 Å². The van der Waals surface area contributed by atoms with Gasteiger partial charge in [0.15, 0.2) is 6.10 Å². The van der Waals surface area contributed by atoms with Gasteiger partial charge in [-0.05, 0) is 70.6 Å². The molecule has 0 N–H and O–H groups in total. The summed E-state index contributed by atoms with van der Waals surface area (Å²) in [6.07, 6.45) is 72.1.